The highest BCUT2D eigenvalue weighted by atomic mass is 127. The highest BCUT2D eigenvalue weighted by molar-refractivity contribution is 14.1. The summed E-state index contributed by atoms with van der Waals surface area (Å²) in [5, 5.41) is 3.68. The number of anilines is 1. The summed E-state index contributed by atoms with van der Waals surface area (Å²) in [5.74, 6) is 0. The molecule has 1 aromatic rings. The van der Waals surface area contributed by atoms with E-state index in [4.69, 9.17) is 0 Å². The van der Waals surface area contributed by atoms with E-state index in [1.54, 1.807) is 0 Å². The molecule has 1 N–H and O–H groups in total. The van der Waals surface area contributed by atoms with Gasteiger partial charge in [-0.2, -0.15) is 0 Å². The van der Waals surface area contributed by atoms with Gasteiger partial charge in [-0.25, -0.2) is 0 Å². The molecule has 0 spiro atoms. The maximum absolute atomic E-state index is 3.68. The smallest absolute Gasteiger partial charge is 0.0520 e. The standard InChI is InChI=1S/C13H17BrIN/c1-13(2,3)11-5-4-8-6-9(15)7-10(14)12(8)16-11/h6-7,11,16H,4-5H2,1-3H3. The fourth-order valence-corrected chi connectivity index (χ4v) is 3.91. The fraction of sp³-hybridized carbons (Fsp3) is 0.538. The molecule has 0 radical (unpaired) electrons. The van der Waals surface area contributed by atoms with Gasteiger partial charge in [0.1, 0.15) is 0 Å². The Bertz CT molecular complexity index is 409. The summed E-state index contributed by atoms with van der Waals surface area (Å²) < 4.78 is 2.50. The molecular weight excluding hydrogens is 377 g/mol. The first kappa shape index (κ1) is 12.7. The third-order valence-corrected chi connectivity index (χ3v) is 4.45. The largest absolute Gasteiger partial charge is 0.381 e. The SMILES string of the molecule is CC(C)(C)C1CCc2cc(I)cc(Br)c2N1. The molecule has 0 aliphatic carbocycles. The Morgan fingerprint density at radius 2 is 2.06 bits per heavy atom. The van der Waals surface area contributed by atoms with Crippen molar-refractivity contribution >= 4 is 44.2 Å². The highest BCUT2D eigenvalue weighted by Gasteiger charge is 2.29. The Hall–Kier alpha value is 0.230. The van der Waals surface area contributed by atoms with Gasteiger partial charge in [0.2, 0.25) is 0 Å². The van der Waals surface area contributed by atoms with E-state index in [1.165, 1.54) is 32.1 Å². The van der Waals surface area contributed by atoms with E-state index in [2.05, 4.69) is 76.7 Å². The van der Waals surface area contributed by atoms with Crippen LogP contribution in [0.25, 0.3) is 0 Å². The van der Waals surface area contributed by atoms with Gasteiger partial charge in [-0.3, -0.25) is 0 Å². The van der Waals surface area contributed by atoms with Crippen LogP contribution in [-0.4, -0.2) is 6.04 Å². The van der Waals surface area contributed by atoms with Gasteiger partial charge in [0.25, 0.3) is 0 Å². The number of fused-ring (bicyclic) bond motifs is 1. The summed E-state index contributed by atoms with van der Waals surface area (Å²) in [5.41, 5.74) is 3.06. The number of benzene rings is 1. The molecule has 1 nitrogen and oxygen atoms in total. The van der Waals surface area contributed by atoms with Crippen LogP contribution in [0.5, 0.6) is 0 Å². The van der Waals surface area contributed by atoms with Crippen LogP contribution >= 0.6 is 38.5 Å². The molecule has 1 heterocycles. The first-order chi connectivity index (χ1) is 7.38. The molecule has 0 bridgehead atoms. The maximum Gasteiger partial charge on any atom is 0.0520 e. The molecule has 2 rings (SSSR count). The minimum atomic E-state index is 0.320. The van der Waals surface area contributed by atoms with E-state index >= 15 is 0 Å². The first-order valence-corrected chi connectivity index (χ1v) is 7.49. The van der Waals surface area contributed by atoms with Crippen molar-refractivity contribution in [3.8, 4) is 0 Å². The zero-order chi connectivity index (χ0) is 11.9. The molecule has 0 amide bonds. The van der Waals surface area contributed by atoms with Crippen LogP contribution in [0.2, 0.25) is 0 Å². The van der Waals surface area contributed by atoms with Gasteiger partial charge in [-0.1, -0.05) is 20.8 Å². The van der Waals surface area contributed by atoms with E-state index in [9.17, 15) is 0 Å². The second kappa shape index (κ2) is 4.48. The lowest BCUT2D eigenvalue weighted by molar-refractivity contribution is 0.321. The van der Waals surface area contributed by atoms with E-state index in [0.29, 0.717) is 11.5 Å². The third-order valence-electron chi connectivity index (χ3n) is 3.20. The van der Waals surface area contributed by atoms with Crippen molar-refractivity contribution in [1.82, 2.24) is 0 Å². The van der Waals surface area contributed by atoms with Crippen molar-refractivity contribution in [1.29, 1.82) is 0 Å². The van der Waals surface area contributed by atoms with Gasteiger partial charge in [-0.15, -0.1) is 0 Å². The number of nitrogens with one attached hydrogen (secondary N) is 1. The molecule has 1 aromatic carbocycles. The van der Waals surface area contributed by atoms with E-state index in [1.807, 2.05) is 0 Å². The minimum absolute atomic E-state index is 0.320. The van der Waals surface area contributed by atoms with Gasteiger partial charge in [0.15, 0.2) is 0 Å². The van der Waals surface area contributed by atoms with Crippen LogP contribution in [0.3, 0.4) is 0 Å². The highest BCUT2D eigenvalue weighted by Crippen LogP contribution is 2.38. The maximum atomic E-state index is 3.68. The van der Waals surface area contributed by atoms with E-state index in [-0.39, 0.29) is 0 Å². The zero-order valence-corrected chi connectivity index (χ0v) is 13.6. The molecule has 88 valence electrons. The van der Waals surface area contributed by atoms with Crippen molar-refractivity contribution in [2.24, 2.45) is 5.41 Å². The number of hydrogen-bond donors (Lipinski definition) is 1. The molecule has 1 aliphatic heterocycles. The lowest BCUT2D eigenvalue weighted by atomic mass is 9.81. The molecule has 0 aromatic heterocycles. The monoisotopic (exact) mass is 393 g/mol. The molecule has 1 aliphatic rings. The normalized spacial score (nSPS) is 20.2. The Morgan fingerprint density at radius 3 is 2.69 bits per heavy atom. The predicted octanol–water partition coefficient (Wildman–Crippen LogP) is 4.83. The zero-order valence-electron chi connectivity index (χ0n) is 9.90. The molecule has 0 saturated heterocycles. The second-order valence-corrected chi connectivity index (χ2v) is 7.62. The number of hydrogen-bond acceptors (Lipinski definition) is 1. The summed E-state index contributed by atoms with van der Waals surface area (Å²) in [6.45, 7) is 6.91. The van der Waals surface area contributed by atoms with Crippen molar-refractivity contribution < 1.29 is 0 Å². The lowest BCUT2D eigenvalue weighted by Gasteiger charge is -2.37. The number of halogens is 2. The van der Waals surface area contributed by atoms with Crippen molar-refractivity contribution in [3.63, 3.8) is 0 Å². The molecular formula is C13H17BrIN. The van der Waals surface area contributed by atoms with Crippen LogP contribution in [0, 0.1) is 8.99 Å². The fourth-order valence-electron chi connectivity index (χ4n) is 2.18. The van der Waals surface area contributed by atoms with Crippen LogP contribution in [-0.2, 0) is 6.42 Å². The molecule has 0 saturated carbocycles. The number of rotatable bonds is 0. The van der Waals surface area contributed by atoms with E-state index < -0.39 is 0 Å². The molecule has 3 heteroatoms. The average Bonchev–Trinajstić information content (AvgIpc) is 2.15. The summed E-state index contributed by atoms with van der Waals surface area (Å²) in [6, 6.07) is 5.03. The molecule has 0 fully saturated rings. The Kier molecular flexibility index (Phi) is 3.55. The van der Waals surface area contributed by atoms with Crippen LogP contribution in [0.1, 0.15) is 32.8 Å². The Morgan fingerprint density at radius 1 is 1.38 bits per heavy atom. The van der Waals surface area contributed by atoms with Gasteiger partial charge in [0.05, 0.1) is 5.69 Å². The molecule has 1 unspecified atom stereocenters. The lowest BCUT2D eigenvalue weighted by Crippen LogP contribution is -2.37. The minimum Gasteiger partial charge on any atom is -0.381 e. The summed E-state index contributed by atoms with van der Waals surface area (Å²) in [4.78, 5) is 0. The third kappa shape index (κ3) is 2.55. The van der Waals surface area contributed by atoms with Gasteiger partial charge in [0, 0.05) is 14.1 Å². The van der Waals surface area contributed by atoms with Gasteiger partial charge >= 0.3 is 0 Å². The van der Waals surface area contributed by atoms with Crippen LogP contribution < -0.4 is 5.32 Å². The molecule has 1 atom stereocenters. The summed E-state index contributed by atoms with van der Waals surface area (Å²) >= 11 is 6.03. The number of aryl methyl sites for hydroxylation is 1. The van der Waals surface area contributed by atoms with Gasteiger partial charge < -0.3 is 5.32 Å². The van der Waals surface area contributed by atoms with Gasteiger partial charge in [-0.05, 0) is 74.5 Å². The topological polar surface area (TPSA) is 12.0 Å². The Labute approximate surface area is 120 Å². The predicted molar refractivity (Wildman–Crippen MR) is 82.0 cm³/mol. The van der Waals surface area contributed by atoms with Crippen molar-refractivity contribution in [3.05, 3.63) is 25.7 Å². The van der Waals surface area contributed by atoms with Crippen LogP contribution in [0.4, 0.5) is 5.69 Å². The summed E-state index contributed by atoms with van der Waals surface area (Å²) in [7, 11) is 0. The van der Waals surface area contributed by atoms with Crippen molar-refractivity contribution in [2.45, 2.75) is 39.7 Å². The molecule has 16 heavy (non-hydrogen) atoms. The van der Waals surface area contributed by atoms with Crippen molar-refractivity contribution in [2.75, 3.05) is 5.32 Å². The first-order valence-electron chi connectivity index (χ1n) is 5.62. The average molecular weight is 394 g/mol. The Balaban J connectivity index is 2.34. The second-order valence-electron chi connectivity index (χ2n) is 5.52. The summed E-state index contributed by atoms with van der Waals surface area (Å²) in [6.07, 6.45) is 2.41. The van der Waals surface area contributed by atoms with E-state index in [0.717, 1.165) is 0 Å². The van der Waals surface area contributed by atoms with Crippen LogP contribution in [0.15, 0.2) is 16.6 Å². The quantitative estimate of drug-likeness (QED) is 0.622.